The van der Waals surface area contributed by atoms with Crippen molar-refractivity contribution >= 4 is 30.8 Å². The third-order valence-electron chi connectivity index (χ3n) is 6.34. The number of ether oxygens (including phenoxy) is 3. The average Bonchev–Trinajstić information content (AvgIpc) is 3.44. The van der Waals surface area contributed by atoms with Crippen molar-refractivity contribution in [1.29, 1.82) is 0 Å². The van der Waals surface area contributed by atoms with Crippen molar-refractivity contribution in [2.75, 3.05) is 25.6 Å². The van der Waals surface area contributed by atoms with Gasteiger partial charge in [0, 0.05) is 0 Å². The molecule has 0 bridgehead atoms. The molecule has 1 fully saturated rings. The van der Waals surface area contributed by atoms with Crippen LogP contribution in [0, 0.1) is 5.92 Å². The number of benzene rings is 1. The Labute approximate surface area is 246 Å². The largest absolute Gasteiger partial charge is 0.476 e. The topological polar surface area (TPSA) is 182 Å². The molecule has 0 spiro atoms. The number of aliphatic hydroxyl groups is 1. The quantitative estimate of drug-likeness (QED) is 0.185. The number of halogens is 2. The predicted molar refractivity (Wildman–Crippen MR) is 149 cm³/mol. The van der Waals surface area contributed by atoms with E-state index in [2.05, 4.69) is 20.0 Å². The van der Waals surface area contributed by atoms with Gasteiger partial charge in [0.2, 0.25) is 11.8 Å². The number of aromatic nitrogens is 4. The second-order valence-electron chi connectivity index (χ2n) is 10.5. The van der Waals surface area contributed by atoms with Crippen LogP contribution in [0.4, 0.5) is 14.7 Å². The number of rotatable bonds is 13. The summed E-state index contributed by atoms with van der Waals surface area (Å²) in [5, 5.41) is 13.2. The van der Waals surface area contributed by atoms with Gasteiger partial charge in [0.25, 0.3) is 5.85 Å². The minimum Gasteiger partial charge on any atom is -0.476 e. The second-order valence-corrected chi connectivity index (χ2v) is 12.2. The maximum absolute atomic E-state index is 16.2. The van der Waals surface area contributed by atoms with Gasteiger partial charge in [-0.15, -0.1) is 0 Å². The number of carbonyl (C=O) groups excluding carboxylic acids is 1. The maximum Gasteiger partial charge on any atom is 0.459 e. The molecule has 1 aromatic carbocycles. The van der Waals surface area contributed by atoms with Gasteiger partial charge in [0.05, 0.1) is 19.5 Å². The first-order chi connectivity index (χ1) is 20.2. The Morgan fingerprint density at radius 2 is 1.95 bits per heavy atom. The number of nitrogen functional groups attached to an aromatic ring is 1. The summed E-state index contributed by atoms with van der Waals surface area (Å²) in [6.07, 6.45) is -3.18. The van der Waals surface area contributed by atoms with Crippen LogP contribution < -0.4 is 20.1 Å². The highest BCUT2D eigenvalue weighted by molar-refractivity contribution is 7.52. The molecule has 4 N–H and O–H groups in total. The van der Waals surface area contributed by atoms with E-state index in [4.69, 9.17) is 29.0 Å². The molecule has 3 aromatic rings. The Hall–Kier alpha value is -3.43. The van der Waals surface area contributed by atoms with Crippen LogP contribution >= 0.6 is 7.75 Å². The minimum atomic E-state index is -4.58. The Balaban J connectivity index is 1.59. The van der Waals surface area contributed by atoms with Crippen molar-refractivity contribution in [3.8, 4) is 11.6 Å². The number of esters is 1. The van der Waals surface area contributed by atoms with Crippen LogP contribution in [0.3, 0.4) is 0 Å². The molecule has 1 aliphatic rings. The zero-order chi connectivity index (χ0) is 31.6. The molecular formula is C26H35F2N6O8P. The van der Waals surface area contributed by atoms with Crippen molar-refractivity contribution in [1.82, 2.24) is 24.6 Å². The van der Waals surface area contributed by atoms with E-state index in [9.17, 15) is 14.5 Å². The molecule has 43 heavy (non-hydrogen) atoms. The van der Waals surface area contributed by atoms with E-state index >= 15 is 8.78 Å². The number of hydrogen-bond donors (Lipinski definition) is 3. The van der Waals surface area contributed by atoms with Crippen molar-refractivity contribution in [3.05, 3.63) is 36.7 Å². The molecule has 1 aliphatic heterocycles. The van der Waals surface area contributed by atoms with E-state index in [1.54, 1.807) is 25.1 Å². The van der Waals surface area contributed by atoms with Gasteiger partial charge < -0.3 is 29.6 Å². The van der Waals surface area contributed by atoms with Crippen LogP contribution in [0.15, 0.2) is 36.7 Å². The normalized spacial score (nSPS) is 25.9. The summed E-state index contributed by atoms with van der Waals surface area (Å²) >= 11 is 0. The van der Waals surface area contributed by atoms with E-state index in [0.29, 0.717) is 0 Å². The van der Waals surface area contributed by atoms with Gasteiger partial charge in [-0.2, -0.15) is 15.1 Å². The standard InChI is InChI=1S/C26H35F2N6O8P/c1-6-38-20-18-19(31-24(29)32-20)34(14-30-18)23-25(5,27)22(36)26(28,41-23)13-40-43(37,42-17-10-8-7-9-11-17)33-16(4)21(35)39-12-15(2)3/h7-11,14-16,22-23,36H,6,12-13H2,1-5H3,(H,33,37)(H2,29,31,32). The molecule has 17 heteroatoms. The van der Waals surface area contributed by atoms with E-state index in [-0.39, 0.29) is 47.9 Å². The predicted octanol–water partition coefficient (Wildman–Crippen LogP) is 3.47. The van der Waals surface area contributed by atoms with Crippen LogP contribution in [0.1, 0.15) is 40.8 Å². The number of imidazole rings is 1. The first-order valence-electron chi connectivity index (χ1n) is 13.5. The molecular weight excluding hydrogens is 593 g/mol. The number of para-hydroxylation sites is 1. The number of aliphatic hydroxyl groups excluding tert-OH is 1. The van der Waals surface area contributed by atoms with E-state index in [1.165, 1.54) is 19.1 Å². The molecule has 3 heterocycles. The van der Waals surface area contributed by atoms with Crippen molar-refractivity contribution in [2.45, 2.75) is 64.5 Å². The van der Waals surface area contributed by atoms with Crippen molar-refractivity contribution in [2.24, 2.45) is 5.92 Å². The number of nitrogens with two attached hydrogens (primary N) is 1. The molecule has 0 aliphatic carbocycles. The molecule has 6 atom stereocenters. The van der Waals surface area contributed by atoms with Crippen LogP contribution in [-0.4, -0.2) is 74.1 Å². The zero-order valence-electron chi connectivity index (χ0n) is 24.3. The summed E-state index contributed by atoms with van der Waals surface area (Å²) in [6, 6.07) is 6.53. The molecule has 236 valence electrons. The summed E-state index contributed by atoms with van der Waals surface area (Å²) in [7, 11) is -4.58. The number of nitrogens with zero attached hydrogens (tertiary/aromatic N) is 4. The number of nitrogens with one attached hydrogen (secondary N) is 1. The van der Waals surface area contributed by atoms with Crippen molar-refractivity contribution in [3.63, 3.8) is 0 Å². The number of fused-ring (bicyclic) bond motifs is 1. The Bertz CT molecular complexity index is 1480. The van der Waals surface area contributed by atoms with E-state index in [0.717, 1.165) is 17.8 Å². The summed E-state index contributed by atoms with van der Waals surface area (Å²) in [5.41, 5.74) is 3.04. The maximum atomic E-state index is 16.2. The summed E-state index contributed by atoms with van der Waals surface area (Å²) in [6.45, 7) is 6.69. The lowest BCUT2D eigenvalue weighted by molar-refractivity contribution is -0.202. The summed E-state index contributed by atoms with van der Waals surface area (Å²) < 4.78 is 74.0. The second kappa shape index (κ2) is 12.7. The fourth-order valence-electron chi connectivity index (χ4n) is 4.23. The van der Waals surface area contributed by atoms with Gasteiger partial charge in [-0.1, -0.05) is 32.0 Å². The monoisotopic (exact) mass is 628 g/mol. The average molecular weight is 629 g/mol. The third kappa shape index (κ3) is 7.04. The van der Waals surface area contributed by atoms with Crippen LogP contribution in [-0.2, 0) is 23.4 Å². The van der Waals surface area contributed by atoms with Gasteiger partial charge in [-0.05, 0) is 38.8 Å². The summed E-state index contributed by atoms with van der Waals surface area (Å²) in [5.74, 6) is -4.14. The van der Waals surface area contributed by atoms with Gasteiger partial charge in [0.1, 0.15) is 18.4 Å². The smallest absolute Gasteiger partial charge is 0.459 e. The van der Waals surface area contributed by atoms with Gasteiger partial charge in [-0.3, -0.25) is 13.9 Å². The van der Waals surface area contributed by atoms with E-state index < -0.39 is 50.2 Å². The highest BCUT2D eigenvalue weighted by Crippen LogP contribution is 2.52. The van der Waals surface area contributed by atoms with Crippen LogP contribution in [0.5, 0.6) is 11.6 Å². The fourth-order valence-corrected chi connectivity index (χ4v) is 5.73. The lowest BCUT2D eigenvalue weighted by atomic mass is 9.97. The van der Waals surface area contributed by atoms with Crippen molar-refractivity contribution < 1.29 is 46.5 Å². The Kier molecular flexibility index (Phi) is 9.57. The number of anilines is 1. The third-order valence-corrected chi connectivity index (χ3v) is 7.96. The van der Waals surface area contributed by atoms with Gasteiger partial charge in [-0.25, -0.2) is 18.3 Å². The molecule has 0 radical (unpaired) electrons. The molecule has 14 nitrogen and oxygen atoms in total. The fraction of sp³-hybridized carbons (Fsp3) is 0.538. The number of carbonyl (C=O) groups is 1. The summed E-state index contributed by atoms with van der Waals surface area (Å²) in [4.78, 5) is 24.6. The minimum absolute atomic E-state index is 0.0174. The van der Waals surface area contributed by atoms with Gasteiger partial charge in [0.15, 0.2) is 29.2 Å². The molecule has 6 unspecified atom stereocenters. The zero-order valence-corrected chi connectivity index (χ0v) is 25.2. The SMILES string of the molecule is CCOc1nc(N)nc2c1ncn2C1OC(F)(COP(=O)(NC(C)C(=O)OCC(C)C)Oc2ccccc2)C(O)C1(C)F. The Morgan fingerprint density at radius 3 is 2.60 bits per heavy atom. The molecule has 0 amide bonds. The van der Waals surface area contributed by atoms with Crippen LogP contribution in [0.25, 0.3) is 11.2 Å². The lowest BCUT2D eigenvalue weighted by Gasteiger charge is -2.28. The molecule has 1 saturated heterocycles. The first kappa shape index (κ1) is 32.5. The lowest BCUT2D eigenvalue weighted by Crippen LogP contribution is -2.47. The number of hydrogen-bond acceptors (Lipinski definition) is 12. The number of alkyl halides is 2. The molecule has 2 aromatic heterocycles. The highest BCUT2D eigenvalue weighted by atomic mass is 31.2. The molecule has 4 rings (SSSR count). The first-order valence-corrected chi connectivity index (χ1v) is 15.0. The van der Waals surface area contributed by atoms with E-state index in [1.807, 2.05) is 13.8 Å². The van der Waals surface area contributed by atoms with Gasteiger partial charge >= 0.3 is 13.7 Å². The Morgan fingerprint density at radius 1 is 1.26 bits per heavy atom. The van der Waals surface area contributed by atoms with Crippen LogP contribution in [0.2, 0.25) is 0 Å². The molecule has 0 saturated carbocycles. The highest BCUT2D eigenvalue weighted by Gasteiger charge is 2.65.